The van der Waals surface area contributed by atoms with E-state index in [2.05, 4.69) is 15.3 Å². The lowest BCUT2D eigenvalue weighted by atomic mass is 10.4. The third kappa shape index (κ3) is 3.10. The molecule has 2 rings (SSSR count). The van der Waals surface area contributed by atoms with Crippen LogP contribution in [0.5, 0.6) is 0 Å². The van der Waals surface area contributed by atoms with Gasteiger partial charge in [-0.25, -0.2) is 13.6 Å². The zero-order chi connectivity index (χ0) is 13.8. The van der Waals surface area contributed by atoms with Gasteiger partial charge in [0.1, 0.15) is 37.4 Å². The lowest BCUT2D eigenvalue weighted by Gasteiger charge is -2.03. The standard InChI is InChI=1S/C9H11FN6O3/c10-3-8(17)6-15-5-7(12-13-15)4-14-2-1-11-9(14)16(18)19/h1-2,5,8,17H,3-4,6H2. The van der Waals surface area contributed by atoms with Crippen molar-refractivity contribution in [1.82, 2.24) is 24.5 Å². The van der Waals surface area contributed by atoms with Gasteiger partial charge in [-0.15, -0.1) is 5.10 Å². The van der Waals surface area contributed by atoms with Crippen molar-refractivity contribution in [1.29, 1.82) is 0 Å². The number of imidazole rings is 1. The highest BCUT2D eigenvalue weighted by Gasteiger charge is 2.16. The lowest BCUT2D eigenvalue weighted by Crippen LogP contribution is -2.18. The molecule has 1 unspecified atom stereocenters. The number of alkyl halides is 1. The van der Waals surface area contributed by atoms with Gasteiger partial charge in [-0.1, -0.05) is 10.2 Å². The molecular weight excluding hydrogens is 259 g/mol. The van der Waals surface area contributed by atoms with Gasteiger partial charge in [0.15, 0.2) is 0 Å². The molecule has 0 aliphatic carbocycles. The molecule has 1 atom stereocenters. The van der Waals surface area contributed by atoms with Gasteiger partial charge < -0.3 is 15.2 Å². The van der Waals surface area contributed by atoms with E-state index in [4.69, 9.17) is 5.11 Å². The first-order valence-electron chi connectivity index (χ1n) is 5.38. The number of nitrogens with zero attached hydrogens (tertiary/aromatic N) is 6. The van der Waals surface area contributed by atoms with E-state index in [1.54, 1.807) is 0 Å². The van der Waals surface area contributed by atoms with Gasteiger partial charge >= 0.3 is 5.95 Å². The molecule has 10 heteroatoms. The highest BCUT2D eigenvalue weighted by Crippen LogP contribution is 2.09. The average molecular weight is 270 g/mol. The fourth-order valence-electron chi connectivity index (χ4n) is 1.54. The van der Waals surface area contributed by atoms with Gasteiger partial charge in [0, 0.05) is 0 Å². The number of aliphatic hydroxyl groups is 1. The minimum Gasteiger partial charge on any atom is -0.390 e. The predicted octanol–water partition coefficient (Wildman–Crippen LogP) is -0.239. The van der Waals surface area contributed by atoms with Crippen LogP contribution < -0.4 is 0 Å². The molecule has 0 saturated carbocycles. The maximum atomic E-state index is 12.1. The fraction of sp³-hybridized carbons (Fsp3) is 0.444. The first kappa shape index (κ1) is 13.1. The number of hydrogen-bond acceptors (Lipinski definition) is 6. The smallest absolute Gasteiger partial charge is 0.390 e. The Morgan fingerprint density at radius 3 is 3.05 bits per heavy atom. The molecule has 0 amide bonds. The summed E-state index contributed by atoms with van der Waals surface area (Å²) in [6.45, 7) is -0.764. The van der Waals surface area contributed by atoms with E-state index in [9.17, 15) is 14.5 Å². The molecule has 0 aromatic carbocycles. The van der Waals surface area contributed by atoms with Crippen molar-refractivity contribution in [2.24, 2.45) is 0 Å². The molecule has 0 saturated heterocycles. The molecule has 9 nitrogen and oxygen atoms in total. The van der Waals surface area contributed by atoms with E-state index in [1.165, 1.54) is 27.8 Å². The Labute approximate surface area is 106 Å². The number of hydrogen-bond donors (Lipinski definition) is 1. The van der Waals surface area contributed by atoms with E-state index < -0.39 is 17.7 Å². The molecule has 0 spiro atoms. The Hall–Kier alpha value is -2.36. The SMILES string of the molecule is O=[N+]([O-])c1nccn1Cc1cn(CC(O)CF)nn1. The second-order valence-corrected chi connectivity index (χ2v) is 3.85. The topological polar surface area (TPSA) is 112 Å². The number of aliphatic hydroxyl groups excluding tert-OH is 1. The molecule has 0 fully saturated rings. The van der Waals surface area contributed by atoms with Crippen LogP contribution in [0.4, 0.5) is 10.3 Å². The number of halogens is 1. The van der Waals surface area contributed by atoms with Crippen LogP contribution in [0.3, 0.4) is 0 Å². The van der Waals surface area contributed by atoms with Crippen LogP contribution in [0.2, 0.25) is 0 Å². The Balaban J connectivity index is 2.07. The molecule has 2 aromatic heterocycles. The molecule has 19 heavy (non-hydrogen) atoms. The Kier molecular flexibility index (Phi) is 3.80. The van der Waals surface area contributed by atoms with Crippen LogP contribution in [-0.2, 0) is 13.1 Å². The molecule has 0 radical (unpaired) electrons. The van der Waals surface area contributed by atoms with Crippen LogP contribution >= 0.6 is 0 Å². The van der Waals surface area contributed by atoms with E-state index in [-0.39, 0.29) is 19.0 Å². The normalized spacial score (nSPS) is 12.5. The second kappa shape index (κ2) is 5.52. The van der Waals surface area contributed by atoms with E-state index in [1.807, 2.05) is 0 Å². The molecule has 2 heterocycles. The molecule has 0 bridgehead atoms. The van der Waals surface area contributed by atoms with Crippen molar-refractivity contribution in [3.05, 3.63) is 34.4 Å². The van der Waals surface area contributed by atoms with E-state index >= 15 is 0 Å². The number of rotatable bonds is 6. The summed E-state index contributed by atoms with van der Waals surface area (Å²) in [5, 5.41) is 27.3. The van der Waals surface area contributed by atoms with Gasteiger partial charge in [0.05, 0.1) is 12.7 Å². The minimum atomic E-state index is -1.14. The van der Waals surface area contributed by atoms with Gasteiger partial charge in [0.25, 0.3) is 0 Å². The van der Waals surface area contributed by atoms with Crippen molar-refractivity contribution >= 4 is 5.95 Å². The summed E-state index contributed by atoms with van der Waals surface area (Å²) in [7, 11) is 0. The Morgan fingerprint density at radius 1 is 1.58 bits per heavy atom. The van der Waals surface area contributed by atoms with Gasteiger partial charge in [-0.05, 0) is 4.92 Å². The molecule has 2 aromatic rings. The van der Waals surface area contributed by atoms with Crippen molar-refractivity contribution in [2.75, 3.05) is 6.67 Å². The summed E-state index contributed by atoms with van der Waals surface area (Å²) in [5.74, 6) is -0.293. The zero-order valence-corrected chi connectivity index (χ0v) is 9.76. The summed E-state index contributed by atoms with van der Waals surface area (Å²) < 4.78 is 14.7. The van der Waals surface area contributed by atoms with E-state index in [0.717, 1.165) is 0 Å². The third-order valence-electron chi connectivity index (χ3n) is 2.35. The molecule has 0 aliphatic rings. The van der Waals surface area contributed by atoms with Crippen LogP contribution in [0.1, 0.15) is 5.69 Å². The van der Waals surface area contributed by atoms with Crippen molar-refractivity contribution in [3.63, 3.8) is 0 Å². The Bertz CT molecular complexity index is 568. The first-order valence-corrected chi connectivity index (χ1v) is 5.38. The minimum absolute atomic E-state index is 0.0183. The molecule has 0 aliphatic heterocycles. The number of aromatic nitrogens is 5. The summed E-state index contributed by atoms with van der Waals surface area (Å²) >= 11 is 0. The van der Waals surface area contributed by atoms with Crippen LogP contribution in [0.25, 0.3) is 0 Å². The molecular formula is C9H11FN6O3. The highest BCUT2D eigenvalue weighted by atomic mass is 19.1. The summed E-state index contributed by atoms with van der Waals surface area (Å²) in [6.07, 6.45) is 3.11. The summed E-state index contributed by atoms with van der Waals surface area (Å²) in [4.78, 5) is 13.7. The van der Waals surface area contributed by atoms with Gasteiger partial charge in [0.2, 0.25) is 0 Å². The maximum Gasteiger partial charge on any atom is 0.434 e. The second-order valence-electron chi connectivity index (χ2n) is 3.85. The van der Waals surface area contributed by atoms with Crippen molar-refractivity contribution in [3.8, 4) is 0 Å². The van der Waals surface area contributed by atoms with E-state index in [0.29, 0.717) is 5.69 Å². The Morgan fingerprint density at radius 2 is 2.37 bits per heavy atom. The monoisotopic (exact) mass is 270 g/mol. The zero-order valence-electron chi connectivity index (χ0n) is 9.76. The van der Waals surface area contributed by atoms with Crippen LogP contribution in [0, 0.1) is 10.1 Å². The van der Waals surface area contributed by atoms with Crippen LogP contribution in [-0.4, -0.2) is 47.4 Å². The van der Waals surface area contributed by atoms with Crippen molar-refractivity contribution < 1.29 is 14.4 Å². The lowest BCUT2D eigenvalue weighted by molar-refractivity contribution is -0.396. The van der Waals surface area contributed by atoms with Gasteiger partial charge in [-0.2, -0.15) is 0 Å². The highest BCUT2D eigenvalue weighted by molar-refractivity contribution is 5.09. The van der Waals surface area contributed by atoms with Crippen LogP contribution in [0.15, 0.2) is 18.6 Å². The summed E-state index contributed by atoms with van der Waals surface area (Å²) in [5.41, 5.74) is 0.451. The molecule has 1 N–H and O–H groups in total. The molecule has 102 valence electrons. The first-order chi connectivity index (χ1) is 9.10. The summed E-state index contributed by atoms with van der Waals surface area (Å²) in [6, 6.07) is 0. The largest absolute Gasteiger partial charge is 0.434 e. The maximum absolute atomic E-state index is 12.1. The third-order valence-corrected chi connectivity index (χ3v) is 2.35. The van der Waals surface area contributed by atoms with Gasteiger partial charge in [-0.3, -0.25) is 0 Å². The quantitative estimate of drug-likeness (QED) is 0.572. The average Bonchev–Trinajstić information content (AvgIpc) is 2.99. The predicted molar refractivity (Wildman–Crippen MR) is 60.0 cm³/mol. The fourth-order valence-corrected chi connectivity index (χ4v) is 1.54. The number of nitro groups is 1. The van der Waals surface area contributed by atoms with Crippen molar-refractivity contribution in [2.45, 2.75) is 19.2 Å².